The Morgan fingerprint density at radius 2 is 2.00 bits per heavy atom. The summed E-state index contributed by atoms with van der Waals surface area (Å²) in [6.07, 6.45) is 5.86. The third-order valence-corrected chi connectivity index (χ3v) is 10.3. The van der Waals surface area contributed by atoms with Crippen LogP contribution in [0, 0.1) is 17.2 Å². The lowest BCUT2D eigenvalue weighted by Crippen LogP contribution is -2.40. The molecule has 234 valence electrons. The van der Waals surface area contributed by atoms with Crippen molar-refractivity contribution in [1.82, 2.24) is 19.8 Å². The maximum absolute atomic E-state index is 12.9. The number of rotatable bonds is 10. The lowest BCUT2D eigenvalue weighted by atomic mass is 9.93. The second-order valence-electron chi connectivity index (χ2n) is 12.3. The molecular weight excluding hydrogens is 597 g/mol. The molecule has 2 aliphatic rings. The van der Waals surface area contributed by atoms with E-state index in [9.17, 15) is 9.59 Å². The number of nitrogens with zero attached hydrogens (tertiary/aromatic N) is 5. The van der Waals surface area contributed by atoms with Gasteiger partial charge in [-0.15, -0.1) is 11.8 Å². The van der Waals surface area contributed by atoms with Crippen molar-refractivity contribution in [2.24, 2.45) is 5.92 Å². The second kappa shape index (κ2) is 14.1. The fourth-order valence-electron chi connectivity index (χ4n) is 5.57. The molecule has 2 aliphatic heterocycles. The molecule has 0 aliphatic carbocycles. The average molecular weight is 637 g/mol. The van der Waals surface area contributed by atoms with Gasteiger partial charge in [-0.1, -0.05) is 38.2 Å². The summed E-state index contributed by atoms with van der Waals surface area (Å²) in [5.41, 5.74) is 2.24. The van der Waals surface area contributed by atoms with Crippen molar-refractivity contribution in [1.29, 1.82) is 5.26 Å². The zero-order valence-electron chi connectivity index (χ0n) is 25.8. The molecule has 1 saturated heterocycles. The molecule has 2 aromatic heterocycles. The molecule has 44 heavy (non-hydrogen) atoms. The highest BCUT2D eigenvalue weighted by atomic mass is 32.2. The summed E-state index contributed by atoms with van der Waals surface area (Å²) in [6, 6.07) is 7.99. The minimum absolute atomic E-state index is 0.0300. The van der Waals surface area contributed by atoms with Crippen LogP contribution in [0.4, 0.5) is 5.13 Å². The Bertz CT molecular complexity index is 1500. The van der Waals surface area contributed by atoms with Gasteiger partial charge >= 0.3 is 0 Å². The van der Waals surface area contributed by atoms with E-state index in [4.69, 9.17) is 14.4 Å². The molecule has 4 heterocycles. The Balaban J connectivity index is 1.01. The summed E-state index contributed by atoms with van der Waals surface area (Å²) in [5, 5.41) is 12.5. The van der Waals surface area contributed by atoms with Crippen LogP contribution in [-0.2, 0) is 27.2 Å². The van der Waals surface area contributed by atoms with E-state index in [0.717, 1.165) is 60.2 Å². The molecule has 0 saturated carbocycles. The van der Waals surface area contributed by atoms with Crippen molar-refractivity contribution < 1.29 is 18.7 Å². The van der Waals surface area contributed by atoms with Gasteiger partial charge in [0.05, 0.1) is 34.5 Å². The number of thiazole rings is 1. The highest BCUT2D eigenvalue weighted by molar-refractivity contribution is 8.00. The number of amides is 2. The monoisotopic (exact) mass is 636 g/mol. The summed E-state index contributed by atoms with van der Waals surface area (Å²) in [7, 11) is 0. The minimum atomic E-state index is -0.117. The largest absolute Gasteiger partial charge is 0.492 e. The predicted molar refractivity (Wildman–Crippen MR) is 171 cm³/mol. The molecule has 1 fully saturated rings. The minimum Gasteiger partial charge on any atom is -0.492 e. The number of likely N-dealkylation sites (tertiary alicyclic amines) is 1. The molecule has 3 aromatic rings. The standard InChI is InChI=1S/C32H40N6O4S2/c1-21-25-6-5-24(17-23(25)10-14-38(21)28(39)7-11-33)41-16-15-37-12-8-22(9-13-37)30(40)36-31-35-19-29(44-31)43-20-27-34-18-26(42-27)32(2,3)4/h5-6,17-19,21-22H,7-10,12-16,20H2,1-4H3,(H,35,36,40). The topological polar surface area (TPSA) is 125 Å². The summed E-state index contributed by atoms with van der Waals surface area (Å²) >= 11 is 3.08. The fourth-order valence-corrected chi connectivity index (χ4v) is 7.30. The number of nitriles is 1. The number of hydrogen-bond donors (Lipinski definition) is 1. The van der Waals surface area contributed by atoms with E-state index in [0.29, 0.717) is 29.9 Å². The average Bonchev–Trinajstić information content (AvgIpc) is 3.66. The first-order valence-corrected chi connectivity index (χ1v) is 16.9. The van der Waals surface area contributed by atoms with Crippen molar-refractivity contribution in [3.8, 4) is 11.8 Å². The van der Waals surface area contributed by atoms with Crippen molar-refractivity contribution in [3.05, 3.63) is 53.4 Å². The maximum atomic E-state index is 12.9. The number of hydrogen-bond acceptors (Lipinski definition) is 10. The maximum Gasteiger partial charge on any atom is 0.237 e. The van der Waals surface area contributed by atoms with Gasteiger partial charge in [0.2, 0.25) is 17.7 Å². The molecule has 5 rings (SSSR count). The number of oxazole rings is 1. The molecule has 12 heteroatoms. The molecule has 1 atom stereocenters. The lowest BCUT2D eigenvalue weighted by molar-refractivity contribution is -0.132. The van der Waals surface area contributed by atoms with Gasteiger partial charge in [-0.3, -0.25) is 14.5 Å². The van der Waals surface area contributed by atoms with E-state index in [1.165, 1.54) is 16.9 Å². The van der Waals surface area contributed by atoms with Crippen LogP contribution in [0.1, 0.15) is 75.8 Å². The molecule has 1 aromatic carbocycles. The summed E-state index contributed by atoms with van der Waals surface area (Å²) in [4.78, 5) is 38.1. The van der Waals surface area contributed by atoms with Gasteiger partial charge in [-0.05, 0) is 62.5 Å². The van der Waals surface area contributed by atoms with Gasteiger partial charge in [-0.25, -0.2) is 9.97 Å². The SMILES string of the molecule is CC1c2ccc(OCCN3CCC(C(=O)Nc4ncc(SCc5ncc(C(C)(C)C)o5)s4)CC3)cc2CCN1C(=O)CC#N. The summed E-state index contributed by atoms with van der Waals surface area (Å²) in [5.74, 6) is 2.89. The van der Waals surface area contributed by atoms with Crippen molar-refractivity contribution >= 4 is 40.0 Å². The Morgan fingerprint density at radius 1 is 1.20 bits per heavy atom. The van der Waals surface area contributed by atoms with E-state index in [-0.39, 0.29) is 35.6 Å². The number of anilines is 1. The van der Waals surface area contributed by atoms with Crippen molar-refractivity contribution in [2.75, 3.05) is 38.1 Å². The summed E-state index contributed by atoms with van der Waals surface area (Å²) in [6.45, 7) is 12.0. The highest BCUT2D eigenvalue weighted by Crippen LogP contribution is 2.34. The molecule has 10 nitrogen and oxygen atoms in total. The molecule has 2 amide bonds. The third-order valence-electron chi connectivity index (χ3n) is 8.18. The van der Waals surface area contributed by atoms with Crippen LogP contribution >= 0.6 is 23.1 Å². The first kappa shape index (κ1) is 32.0. The van der Waals surface area contributed by atoms with Crippen LogP contribution in [-0.4, -0.2) is 64.4 Å². The highest BCUT2D eigenvalue weighted by Gasteiger charge is 2.28. The summed E-state index contributed by atoms with van der Waals surface area (Å²) < 4.78 is 13.0. The van der Waals surface area contributed by atoms with Gasteiger partial charge in [0, 0.05) is 24.4 Å². The van der Waals surface area contributed by atoms with Gasteiger partial charge in [0.1, 0.15) is 24.5 Å². The zero-order chi connectivity index (χ0) is 31.3. The number of benzene rings is 1. The van der Waals surface area contributed by atoms with E-state index < -0.39 is 0 Å². The van der Waals surface area contributed by atoms with Crippen LogP contribution in [0.15, 0.2) is 39.2 Å². The Hall–Kier alpha value is -3.40. The van der Waals surface area contributed by atoms with Crippen molar-refractivity contribution in [2.45, 2.75) is 74.8 Å². The van der Waals surface area contributed by atoms with Crippen LogP contribution in [0.5, 0.6) is 5.75 Å². The van der Waals surface area contributed by atoms with E-state index in [2.05, 4.69) is 47.0 Å². The van der Waals surface area contributed by atoms with Gasteiger partial charge in [-0.2, -0.15) is 5.26 Å². The van der Waals surface area contributed by atoms with Crippen LogP contribution in [0.2, 0.25) is 0 Å². The predicted octanol–water partition coefficient (Wildman–Crippen LogP) is 5.81. The number of thioether (sulfide) groups is 1. The first-order chi connectivity index (χ1) is 21.1. The van der Waals surface area contributed by atoms with Gasteiger partial charge in [0.15, 0.2) is 5.13 Å². The van der Waals surface area contributed by atoms with Gasteiger partial charge < -0.3 is 19.4 Å². The Morgan fingerprint density at radius 3 is 2.73 bits per heavy atom. The number of nitrogens with one attached hydrogen (secondary N) is 1. The number of carbonyl (C=O) groups excluding carboxylic acids is 2. The molecule has 1 unspecified atom stereocenters. The molecule has 1 N–H and O–H groups in total. The Kier molecular flexibility index (Phi) is 10.3. The zero-order valence-corrected chi connectivity index (χ0v) is 27.4. The molecule has 0 bridgehead atoms. The van der Waals surface area contributed by atoms with Crippen molar-refractivity contribution in [3.63, 3.8) is 0 Å². The molecular formula is C32H40N6O4S2. The molecule has 0 spiro atoms. The third kappa shape index (κ3) is 8.00. The smallest absolute Gasteiger partial charge is 0.237 e. The first-order valence-electron chi connectivity index (χ1n) is 15.1. The van der Waals surface area contributed by atoms with Gasteiger partial charge in [0.25, 0.3) is 0 Å². The van der Waals surface area contributed by atoms with Crippen LogP contribution in [0.25, 0.3) is 0 Å². The quantitative estimate of drug-likeness (QED) is 0.275. The molecule has 0 radical (unpaired) electrons. The number of piperidine rings is 1. The number of carbonyl (C=O) groups is 2. The van der Waals surface area contributed by atoms with E-state index >= 15 is 0 Å². The van der Waals surface area contributed by atoms with E-state index in [1.807, 2.05) is 25.1 Å². The van der Waals surface area contributed by atoms with Crippen LogP contribution in [0.3, 0.4) is 0 Å². The number of aromatic nitrogens is 2. The van der Waals surface area contributed by atoms with Crippen LogP contribution < -0.4 is 10.1 Å². The number of ether oxygens (including phenoxy) is 1. The van der Waals surface area contributed by atoms with E-state index in [1.54, 1.807) is 29.1 Å². The Labute approximate surface area is 267 Å². The second-order valence-corrected chi connectivity index (χ2v) is 14.6. The number of fused-ring (bicyclic) bond motifs is 1. The fraction of sp³-hybridized carbons (Fsp3) is 0.531. The normalized spacial score (nSPS) is 17.6. The lowest BCUT2D eigenvalue weighted by Gasteiger charge is -2.35.